The topological polar surface area (TPSA) is 68.0 Å². The van der Waals surface area contributed by atoms with Crippen molar-refractivity contribution in [1.82, 2.24) is 4.98 Å². The first-order valence-corrected chi connectivity index (χ1v) is 7.35. The van der Waals surface area contributed by atoms with Gasteiger partial charge in [0.1, 0.15) is 10.7 Å². The minimum Gasteiger partial charge on any atom is -0.389 e. The van der Waals surface area contributed by atoms with Crippen molar-refractivity contribution in [3.8, 4) is 11.3 Å². The number of rotatable bonds is 3. The van der Waals surface area contributed by atoms with E-state index in [9.17, 15) is 4.79 Å². The van der Waals surface area contributed by atoms with E-state index in [1.807, 2.05) is 32.9 Å². The number of carbonyl (C=O) groups excluding carboxylic acids is 1. The quantitative estimate of drug-likeness (QED) is 0.907. The van der Waals surface area contributed by atoms with E-state index in [0.29, 0.717) is 10.1 Å². The molecule has 0 radical (unpaired) electrons. The number of aromatic nitrogens is 1. The fourth-order valence-corrected chi connectivity index (χ4v) is 2.66. The SMILES string of the molecule is Cc1ccc(-c2nc(NC(=O)C(C)C)sc2N)c(C)c1. The summed E-state index contributed by atoms with van der Waals surface area (Å²) >= 11 is 1.30. The number of nitrogens with two attached hydrogens (primary N) is 1. The van der Waals surface area contributed by atoms with Gasteiger partial charge in [-0.25, -0.2) is 4.98 Å². The maximum Gasteiger partial charge on any atom is 0.228 e. The number of anilines is 2. The van der Waals surface area contributed by atoms with Gasteiger partial charge < -0.3 is 11.1 Å². The normalized spacial score (nSPS) is 10.8. The summed E-state index contributed by atoms with van der Waals surface area (Å²) in [4.78, 5) is 16.2. The van der Waals surface area contributed by atoms with Crippen LogP contribution in [-0.2, 0) is 4.79 Å². The van der Waals surface area contributed by atoms with Crippen LogP contribution in [0.3, 0.4) is 0 Å². The first-order valence-electron chi connectivity index (χ1n) is 6.53. The Bertz CT molecular complexity index is 647. The molecule has 0 aliphatic heterocycles. The maximum absolute atomic E-state index is 11.7. The van der Waals surface area contributed by atoms with E-state index in [2.05, 4.69) is 23.3 Å². The number of nitrogens with one attached hydrogen (secondary N) is 1. The molecule has 0 spiro atoms. The molecule has 0 unspecified atom stereocenters. The Morgan fingerprint density at radius 3 is 2.65 bits per heavy atom. The fourth-order valence-electron chi connectivity index (χ4n) is 1.91. The molecule has 2 rings (SSSR count). The molecular weight excluding hydrogens is 270 g/mol. The van der Waals surface area contributed by atoms with E-state index in [1.165, 1.54) is 16.9 Å². The molecule has 0 bridgehead atoms. The van der Waals surface area contributed by atoms with Gasteiger partial charge in [-0.05, 0) is 19.4 Å². The summed E-state index contributed by atoms with van der Waals surface area (Å²) < 4.78 is 0. The van der Waals surface area contributed by atoms with Crippen molar-refractivity contribution >= 4 is 27.4 Å². The average Bonchev–Trinajstić information content (AvgIpc) is 2.70. The van der Waals surface area contributed by atoms with Gasteiger partial charge in [0.15, 0.2) is 5.13 Å². The number of aryl methyl sites for hydroxylation is 2. The van der Waals surface area contributed by atoms with E-state index in [4.69, 9.17) is 5.73 Å². The van der Waals surface area contributed by atoms with E-state index < -0.39 is 0 Å². The molecule has 1 amide bonds. The molecule has 0 fully saturated rings. The summed E-state index contributed by atoms with van der Waals surface area (Å²) in [6.07, 6.45) is 0. The number of nitrogen functional groups attached to an aromatic ring is 1. The van der Waals surface area contributed by atoms with E-state index in [1.54, 1.807) is 0 Å². The monoisotopic (exact) mass is 289 g/mol. The first-order chi connectivity index (χ1) is 9.38. The molecule has 2 aromatic rings. The van der Waals surface area contributed by atoms with E-state index in [0.717, 1.165) is 16.8 Å². The Morgan fingerprint density at radius 1 is 1.35 bits per heavy atom. The lowest BCUT2D eigenvalue weighted by Crippen LogP contribution is -2.17. The third-order valence-electron chi connectivity index (χ3n) is 3.04. The number of hydrogen-bond acceptors (Lipinski definition) is 4. The number of hydrogen-bond donors (Lipinski definition) is 2. The van der Waals surface area contributed by atoms with Crippen LogP contribution in [-0.4, -0.2) is 10.9 Å². The molecule has 0 saturated carbocycles. The van der Waals surface area contributed by atoms with Gasteiger partial charge in [0.25, 0.3) is 0 Å². The highest BCUT2D eigenvalue weighted by Gasteiger charge is 2.15. The Labute approximate surface area is 123 Å². The van der Waals surface area contributed by atoms with Crippen LogP contribution < -0.4 is 11.1 Å². The van der Waals surface area contributed by atoms with Gasteiger partial charge in [-0.15, -0.1) is 0 Å². The number of carbonyl (C=O) groups is 1. The van der Waals surface area contributed by atoms with E-state index >= 15 is 0 Å². The van der Waals surface area contributed by atoms with Gasteiger partial charge in [0, 0.05) is 11.5 Å². The lowest BCUT2D eigenvalue weighted by Gasteiger charge is -2.05. The lowest BCUT2D eigenvalue weighted by atomic mass is 10.0. The highest BCUT2D eigenvalue weighted by Crippen LogP contribution is 2.35. The second-order valence-corrected chi connectivity index (χ2v) is 6.22. The molecule has 0 aliphatic rings. The number of nitrogens with zero attached hydrogens (tertiary/aromatic N) is 1. The minimum absolute atomic E-state index is 0.0501. The van der Waals surface area contributed by atoms with Crippen LogP contribution in [0.25, 0.3) is 11.3 Å². The number of amides is 1. The zero-order valence-electron chi connectivity index (χ0n) is 12.2. The van der Waals surface area contributed by atoms with Crippen LogP contribution in [0.4, 0.5) is 10.1 Å². The predicted molar refractivity (Wildman–Crippen MR) is 84.9 cm³/mol. The van der Waals surface area contributed by atoms with Crippen molar-refractivity contribution in [2.45, 2.75) is 27.7 Å². The van der Waals surface area contributed by atoms with Gasteiger partial charge >= 0.3 is 0 Å². The Balaban J connectivity index is 2.34. The molecule has 4 nitrogen and oxygen atoms in total. The zero-order chi connectivity index (χ0) is 14.9. The number of thiazole rings is 1. The van der Waals surface area contributed by atoms with E-state index in [-0.39, 0.29) is 11.8 Å². The van der Waals surface area contributed by atoms with Gasteiger partial charge in [0.05, 0.1) is 0 Å². The summed E-state index contributed by atoms with van der Waals surface area (Å²) in [6.45, 7) is 7.78. The van der Waals surface area contributed by atoms with Gasteiger partial charge in [-0.2, -0.15) is 0 Å². The summed E-state index contributed by atoms with van der Waals surface area (Å²) in [5.41, 5.74) is 10.1. The molecule has 0 saturated heterocycles. The Kier molecular flexibility index (Phi) is 4.09. The number of benzene rings is 1. The van der Waals surface area contributed by atoms with Crippen molar-refractivity contribution in [3.63, 3.8) is 0 Å². The molecule has 0 aliphatic carbocycles. The average molecular weight is 289 g/mol. The van der Waals surface area contributed by atoms with Crippen LogP contribution >= 0.6 is 11.3 Å². The zero-order valence-corrected chi connectivity index (χ0v) is 13.0. The Hall–Kier alpha value is -1.88. The molecule has 5 heteroatoms. The van der Waals surface area contributed by atoms with Crippen molar-refractivity contribution < 1.29 is 4.79 Å². The molecular formula is C15H19N3OS. The third-order valence-corrected chi connectivity index (χ3v) is 3.84. The van der Waals surface area contributed by atoms with Crippen LogP contribution in [0.1, 0.15) is 25.0 Å². The van der Waals surface area contributed by atoms with Crippen LogP contribution in [0.2, 0.25) is 0 Å². The summed E-state index contributed by atoms with van der Waals surface area (Å²) in [5, 5.41) is 3.96. The molecule has 1 heterocycles. The van der Waals surface area contributed by atoms with Crippen molar-refractivity contribution in [1.29, 1.82) is 0 Å². The predicted octanol–water partition coefficient (Wildman–Crippen LogP) is 3.60. The van der Waals surface area contributed by atoms with Gasteiger partial charge in [0.2, 0.25) is 5.91 Å². The van der Waals surface area contributed by atoms with Crippen LogP contribution in [0.5, 0.6) is 0 Å². The largest absolute Gasteiger partial charge is 0.389 e. The highest BCUT2D eigenvalue weighted by molar-refractivity contribution is 7.20. The summed E-state index contributed by atoms with van der Waals surface area (Å²) in [5.74, 6) is -0.129. The van der Waals surface area contributed by atoms with Crippen molar-refractivity contribution in [2.24, 2.45) is 5.92 Å². The highest BCUT2D eigenvalue weighted by atomic mass is 32.1. The molecule has 3 N–H and O–H groups in total. The van der Waals surface area contributed by atoms with Crippen LogP contribution in [0, 0.1) is 19.8 Å². The molecule has 1 aromatic carbocycles. The van der Waals surface area contributed by atoms with Crippen molar-refractivity contribution in [3.05, 3.63) is 29.3 Å². The minimum atomic E-state index is -0.0790. The molecule has 1 aromatic heterocycles. The molecule has 20 heavy (non-hydrogen) atoms. The second kappa shape index (κ2) is 5.63. The van der Waals surface area contributed by atoms with Gasteiger partial charge in [-0.3, -0.25) is 4.79 Å². The summed E-state index contributed by atoms with van der Waals surface area (Å²) in [7, 11) is 0. The molecule has 106 valence electrons. The van der Waals surface area contributed by atoms with Crippen molar-refractivity contribution in [2.75, 3.05) is 11.1 Å². The fraction of sp³-hybridized carbons (Fsp3) is 0.333. The molecule has 0 atom stereocenters. The maximum atomic E-state index is 11.7. The second-order valence-electron chi connectivity index (χ2n) is 5.19. The summed E-state index contributed by atoms with van der Waals surface area (Å²) in [6, 6.07) is 6.15. The van der Waals surface area contributed by atoms with Crippen LogP contribution in [0.15, 0.2) is 18.2 Å². The Morgan fingerprint density at radius 2 is 2.05 bits per heavy atom. The van der Waals surface area contributed by atoms with Gasteiger partial charge in [-0.1, -0.05) is 48.9 Å². The smallest absolute Gasteiger partial charge is 0.228 e. The standard InChI is InChI=1S/C15H19N3OS/c1-8(2)14(19)18-15-17-12(13(16)20-15)11-6-5-9(3)7-10(11)4/h5-8H,16H2,1-4H3,(H,17,18,19). The lowest BCUT2D eigenvalue weighted by molar-refractivity contribution is -0.118. The first kappa shape index (κ1) is 14.5. The third kappa shape index (κ3) is 2.99.